The number of alkyl halides is 4. The molecule has 29 heavy (non-hydrogen) atoms. The minimum absolute atomic E-state index is 0.112. The first-order valence-electron chi connectivity index (χ1n) is 9.32. The Labute approximate surface area is 186 Å². The third-order valence-electron chi connectivity index (χ3n) is 4.30. The maximum Gasteiger partial charge on any atom is 0.390 e. The lowest BCUT2D eigenvalue weighted by Gasteiger charge is -2.21. The average Bonchev–Trinajstić information content (AvgIpc) is 3.11. The summed E-state index contributed by atoms with van der Waals surface area (Å²) in [5, 5.41) is 4.04. The molecule has 2 aromatic rings. The second-order valence-corrected chi connectivity index (χ2v) is 8.53. The van der Waals surface area contributed by atoms with Crippen molar-refractivity contribution < 1.29 is 18.0 Å². The molecule has 0 fully saturated rings. The highest BCUT2D eigenvalue weighted by Crippen LogP contribution is 2.30. The fourth-order valence-corrected chi connectivity index (χ4v) is 4.56. The number of hydrogen-bond donors (Lipinski definition) is 0. The van der Waals surface area contributed by atoms with E-state index in [-0.39, 0.29) is 12.3 Å². The number of hydrogen-bond acceptors (Lipinski definition) is 4. The zero-order valence-corrected chi connectivity index (χ0v) is 19.3. The van der Waals surface area contributed by atoms with Gasteiger partial charge in [-0.15, -0.1) is 0 Å². The van der Waals surface area contributed by atoms with Crippen molar-refractivity contribution in [1.82, 2.24) is 14.8 Å². The van der Waals surface area contributed by atoms with E-state index in [1.165, 1.54) is 11.8 Å². The standard InChI is InChI=1S/C19H24F3IN4OS/c1-3-15(10-19(20,21)22)29-9-7-18(28)26(4-2)17-13-27(25-16(17)11-23)14-6-5-8-24-12-14/h5-6,8,12-13,15H,3-4,7,9-11H2,1-2H3. The molecule has 0 saturated heterocycles. The maximum atomic E-state index is 12.8. The highest BCUT2D eigenvalue weighted by atomic mass is 127. The zero-order valence-electron chi connectivity index (χ0n) is 16.3. The van der Waals surface area contributed by atoms with Crippen molar-refractivity contribution in [3.63, 3.8) is 0 Å². The molecule has 0 radical (unpaired) electrons. The lowest BCUT2D eigenvalue weighted by atomic mass is 10.2. The summed E-state index contributed by atoms with van der Waals surface area (Å²) in [5.41, 5.74) is 2.30. The van der Waals surface area contributed by atoms with E-state index in [1.807, 2.05) is 19.1 Å². The van der Waals surface area contributed by atoms with Gasteiger partial charge in [0.05, 0.1) is 35.9 Å². The number of anilines is 1. The lowest BCUT2D eigenvalue weighted by molar-refractivity contribution is -0.134. The zero-order chi connectivity index (χ0) is 21.4. The van der Waals surface area contributed by atoms with Gasteiger partial charge in [0.25, 0.3) is 0 Å². The lowest BCUT2D eigenvalue weighted by Crippen LogP contribution is -2.31. The van der Waals surface area contributed by atoms with Gasteiger partial charge in [-0.25, -0.2) is 4.68 Å². The molecule has 1 unspecified atom stereocenters. The minimum Gasteiger partial charge on any atom is -0.309 e. The molecule has 0 aliphatic heterocycles. The first kappa shape index (κ1) is 24.0. The van der Waals surface area contributed by atoms with Crippen LogP contribution in [0.25, 0.3) is 5.69 Å². The summed E-state index contributed by atoms with van der Waals surface area (Å²) in [6, 6.07) is 3.69. The van der Waals surface area contributed by atoms with E-state index in [1.54, 1.807) is 35.1 Å². The highest BCUT2D eigenvalue weighted by Gasteiger charge is 2.31. The van der Waals surface area contributed by atoms with Crippen LogP contribution in [0.4, 0.5) is 18.9 Å². The number of halogens is 4. The average molecular weight is 540 g/mol. The third-order valence-corrected chi connectivity index (χ3v) is 6.43. The molecule has 0 aliphatic carbocycles. The number of aromatic nitrogens is 3. The molecule has 160 valence electrons. The van der Waals surface area contributed by atoms with E-state index in [0.29, 0.717) is 23.1 Å². The van der Waals surface area contributed by atoms with Crippen LogP contribution in [0.2, 0.25) is 0 Å². The normalized spacial score (nSPS) is 12.8. The molecule has 0 saturated carbocycles. The van der Waals surface area contributed by atoms with Gasteiger partial charge in [0, 0.05) is 34.6 Å². The molecule has 0 spiro atoms. The first-order chi connectivity index (χ1) is 13.8. The Morgan fingerprint density at radius 3 is 2.69 bits per heavy atom. The Morgan fingerprint density at radius 1 is 1.38 bits per heavy atom. The Bertz CT molecular complexity index is 786. The van der Waals surface area contributed by atoms with Crippen molar-refractivity contribution in [3.05, 3.63) is 36.4 Å². The van der Waals surface area contributed by atoms with E-state index in [2.05, 4.69) is 32.7 Å². The van der Waals surface area contributed by atoms with Crippen molar-refractivity contribution in [2.45, 2.75) is 49.0 Å². The number of nitrogens with zero attached hydrogens (tertiary/aromatic N) is 4. The van der Waals surface area contributed by atoms with Crippen LogP contribution in [0.5, 0.6) is 0 Å². The van der Waals surface area contributed by atoms with E-state index >= 15 is 0 Å². The van der Waals surface area contributed by atoms with Gasteiger partial charge in [-0.2, -0.15) is 30.0 Å². The Kier molecular flexibility index (Phi) is 9.25. The number of carbonyl (C=O) groups excluding carboxylic acids is 1. The Balaban J connectivity index is 2.06. The fourth-order valence-electron chi connectivity index (χ4n) is 2.85. The molecule has 2 aromatic heterocycles. The molecule has 1 atom stereocenters. The highest BCUT2D eigenvalue weighted by molar-refractivity contribution is 14.1. The minimum atomic E-state index is -4.18. The number of amides is 1. The van der Waals surface area contributed by atoms with E-state index in [9.17, 15) is 18.0 Å². The monoisotopic (exact) mass is 540 g/mol. The quantitative estimate of drug-likeness (QED) is 0.299. The maximum absolute atomic E-state index is 12.8. The van der Waals surface area contributed by atoms with Gasteiger partial charge in [-0.1, -0.05) is 29.5 Å². The molecule has 2 heterocycles. The van der Waals surface area contributed by atoms with Gasteiger partial charge < -0.3 is 4.90 Å². The van der Waals surface area contributed by atoms with Crippen molar-refractivity contribution in [2.75, 3.05) is 17.2 Å². The largest absolute Gasteiger partial charge is 0.390 e. The fraction of sp³-hybridized carbons (Fsp3) is 0.526. The van der Waals surface area contributed by atoms with Gasteiger partial charge in [0.15, 0.2) is 0 Å². The Morgan fingerprint density at radius 2 is 2.14 bits per heavy atom. The van der Waals surface area contributed by atoms with Gasteiger partial charge in [0.2, 0.25) is 5.91 Å². The second-order valence-electron chi connectivity index (χ2n) is 6.36. The van der Waals surface area contributed by atoms with Crippen molar-refractivity contribution >= 4 is 45.9 Å². The van der Waals surface area contributed by atoms with Crippen LogP contribution in [0.1, 0.15) is 38.8 Å². The van der Waals surface area contributed by atoms with Gasteiger partial charge in [0.1, 0.15) is 0 Å². The second kappa shape index (κ2) is 11.2. The Hall–Kier alpha value is -1.30. The molecule has 5 nitrogen and oxygen atoms in total. The number of thioether (sulfide) groups is 1. The van der Waals surface area contributed by atoms with E-state index in [4.69, 9.17) is 0 Å². The summed E-state index contributed by atoms with van der Waals surface area (Å²) in [4.78, 5) is 18.5. The molecule has 0 aromatic carbocycles. The van der Waals surface area contributed by atoms with Crippen LogP contribution in [0, 0.1) is 0 Å². The SMILES string of the molecule is CCC(CC(F)(F)F)SCCC(=O)N(CC)c1cn(-c2cccnc2)nc1CI. The number of rotatable bonds is 10. The number of pyridine rings is 1. The molecule has 0 N–H and O–H groups in total. The summed E-state index contributed by atoms with van der Waals surface area (Å²) < 4.78 is 40.1. The summed E-state index contributed by atoms with van der Waals surface area (Å²) in [6.45, 7) is 4.08. The van der Waals surface area contributed by atoms with Crippen LogP contribution in [-0.4, -0.2) is 44.4 Å². The topological polar surface area (TPSA) is 51.0 Å². The summed E-state index contributed by atoms with van der Waals surface area (Å²) in [5.74, 6) is 0.249. The van der Waals surface area contributed by atoms with Crippen LogP contribution in [-0.2, 0) is 9.22 Å². The smallest absolute Gasteiger partial charge is 0.309 e. The summed E-state index contributed by atoms with van der Waals surface area (Å²) in [6.07, 6.45) is 0.777. The molecular formula is C19H24F3IN4OS. The summed E-state index contributed by atoms with van der Waals surface area (Å²) >= 11 is 3.41. The van der Waals surface area contributed by atoms with Crippen molar-refractivity contribution in [1.29, 1.82) is 0 Å². The van der Waals surface area contributed by atoms with Crippen LogP contribution >= 0.6 is 34.4 Å². The summed E-state index contributed by atoms with van der Waals surface area (Å²) in [7, 11) is 0. The molecule has 10 heteroatoms. The first-order valence-corrected chi connectivity index (χ1v) is 11.9. The van der Waals surface area contributed by atoms with Crippen LogP contribution in [0.3, 0.4) is 0 Å². The molecule has 0 aliphatic rings. The molecule has 1 amide bonds. The molecule has 0 bridgehead atoms. The van der Waals surface area contributed by atoms with Gasteiger partial charge in [-0.3, -0.25) is 9.78 Å². The van der Waals surface area contributed by atoms with Gasteiger partial charge in [-0.05, 0) is 25.5 Å². The number of carbonyl (C=O) groups is 1. The van der Waals surface area contributed by atoms with E-state index in [0.717, 1.165) is 17.1 Å². The van der Waals surface area contributed by atoms with Crippen molar-refractivity contribution in [2.24, 2.45) is 0 Å². The predicted molar refractivity (Wildman–Crippen MR) is 119 cm³/mol. The molecular weight excluding hydrogens is 516 g/mol. The predicted octanol–water partition coefficient (Wildman–Crippen LogP) is 5.41. The third kappa shape index (κ3) is 7.16. The van der Waals surface area contributed by atoms with Crippen molar-refractivity contribution in [3.8, 4) is 5.69 Å². The van der Waals surface area contributed by atoms with E-state index < -0.39 is 17.8 Å². The van der Waals surface area contributed by atoms with Gasteiger partial charge >= 0.3 is 6.18 Å². The molecule has 2 rings (SSSR count). The van der Waals surface area contributed by atoms with Crippen LogP contribution in [0.15, 0.2) is 30.7 Å². The van der Waals surface area contributed by atoms with Crippen LogP contribution < -0.4 is 4.90 Å².